The molecule has 6 nitrogen and oxygen atoms in total. The zero-order valence-corrected chi connectivity index (χ0v) is 12.3. The van der Waals surface area contributed by atoms with Crippen LogP contribution in [0.4, 0.5) is 0 Å². The van der Waals surface area contributed by atoms with Crippen molar-refractivity contribution in [2.75, 3.05) is 12.9 Å². The van der Waals surface area contributed by atoms with E-state index in [2.05, 4.69) is 4.72 Å². The molecule has 0 aliphatic heterocycles. The number of methoxy groups -OCH3 is 1. The third kappa shape index (κ3) is 4.92. The minimum atomic E-state index is -3.75. The Balaban J connectivity index is 2.89. The fourth-order valence-electron chi connectivity index (χ4n) is 1.73. The third-order valence-electron chi connectivity index (χ3n) is 2.87. The first-order chi connectivity index (χ1) is 9.39. The van der Waals surface area contributed by atoms with Crippen molar-refractivity contribution in [1.29, 1.82) is 0 Å². The van der Waals surface area contributed by atoms with Crippen molar-refractivity contribution in [3.05, 3.63) is 35.9 Å². The Morgan fingerprint density at radius 3 is 2.40 bits per heavy atom. The first-order valence-corrected chi connectivity index (χ1v) is 7.85. The number of aliphatic carboxylic acids is 1. The van der Waals surface area contributed by atoms with E-state index >= 15 is 0 Å². The molecule has 0 aliphatic rings. The summed E-state index contributed by atoms with van der Waals surface area (Å²) in [6, 6.07) is 6.88. The summed E-state index contributed by atoms with van der Waals surface area (Å²) in [7, 11) is -2.33. The van der Waals surface area contributed by atoms with Gasteiger partial charge in [0.15, 0.2) is 0 Å². The van der Waals surface area contributed by atoms with E-state index in [0.717, 1.165) is 0 Å². The van der Waals surface area contributed by atoms with Gasteiger partial charge in [0.2, 0.25) is 10.0 Å². The molecule has 20 heavy (non-hydrogen) atoms. The largest absolute Gasteiger partial charge is 0.480 e. The highest BCUT2D eigenvalue weighted by molar-refractivity contribution is 7.89. The first-order valence-electron chi connectivity index (χ1n) is 6.20. The van der Waals surface area contributed by atoms with Crippen LogP contribution in [0.3, 0.4) is 0 Å². The van der Waals surface area contributed by atoms with Gasteiger partial charge in [-0.15, -0.1) is 0 Å². The molecule has 112 valence electrons. The van der Waals surface area contributed by atoms with Crippen LogP contribution in [-0.4, -0.2) is 38.5 Å². The average Bonchev–Trinajstić information content (AvgIpc) is 2.43. The summed E-state index contributed by atoms with van der Waals surface area (Å²) >= 11 is 0. The zero-order chi connectivity index (χ0) is 15.2. The number of hydrogen-bond acceptors (Lipinski definition) is 4. The maximum Gasteiger partial charge on any atom is 0.326 e. The Hall–Kier alpha value is -1.44. The third-order valence-corrected chi connectivity index (χ3v) is 4.28. The summed E-state index contributed by atoms with van der Waals surface area (Å²) in [6.45, 7) is 1.80. The van der Waals surface area contributed by atoms with E-state index in [-0.39, 0.29) is 5.75 Å². The van der Waals surface area contributed by atoms with Crippen molar-refractivity contribution in [3.8, 4) is 0 Å². The summed E-state index contributed by atoms with van der Waals surface area (Å²) in [4.78, 5) is 11.2. The van der Waals surface area contributed by atoms with E-state index in [0.29, 0.717) is 12.0 Å². The van der Waals surface area contributed by atoms with Crippen LogP contribution in [-0.2, 0) is 19.6 Å². The van der Waals surface area contributed by atoms with Crippen LogP contribution in [0.5, 0.6) is 0 Å². The number of hydrogen-bond donors (Lipinski definition) is 2. The van der Waals surface area contributed by atoms with Crippen molar-refractivity contribution >= 4 is 16.0 Å². The van der Waals surface area contributed by atoms with E-state index in [4.69, 9.17) is 4.74 Å². The predicted octanol–water partition coefficient (Wildman–Crippen LogP) is 1.16. The lowest BCUT2D eigenvalue weighted by atomic mass is 10.1. The highest BCUT2D eigenvalue weighted by Crippen LogP contribution is 2.14. The molecule has 1 rings (SSSR count). The van der Waals surface area contributed by atoms with Gasteiger partial charge in [-0.1, -0.05) is 37.3 Å². The van der Waals surface area contributed by atoms with Gasteiger partial charge in [0.25, 0.3) is 0 Å². The van der Waals surface area contributed by atoms with Gasteiger partial charge in [-0.05, 0) is 12.0 Å². The second-order valence-electron chi connectivity index (χ2n) is 4.35. The highest BCUT2D eigenvalue weighted by atomic mass is 32.2. The molecule has 0 radical (unpaired) electrons. The van der Waals surface area contributed by atoms with Gasteiger partial charge in [-0.2, -0.15) is 4.72 Å². The molecule has 2 atom stereocenters. The Kier molecular flexibility index (Phi) is 6.12. The van der Waals surface area contributed by atoms with Crippen LogP contribution in [0.15, 0.2) is 30.3 Å². The van der Waals surface area contributed by atoms with Gasteiger partial charge in [0.05, 0.1) is 11.9 Å². The van der Waals surface area contributed by atoms with Crippen LogP contribution in [0.2, 0.25) is 0 Å². The molecular weight excluding hydrogens is 282 g/mol. The second-order valence-corrected chi connectivity index (χ2v) is 6.15. The van der Waals surface area contributed by atoms with Crippen molar-refractivity contribution in [2.45, 2.75) is 25.5 Å². The lowest BCUT2D eigenvalue weighted by Crippen LogP contribution is -2.38. The maximum absolute atomic E-state index is 12.0. The Bertz CT molecular complexity index is 525. The second kappa shape index (κ2) is 7.37. The number of carboxylic acid groups (broad SMARTS) is 1. The van der Waals surface area contributed by atoms with E-state index in [9.17, 15) is 18.3 Å². The topological polar surface area (TPSA) is 92.7 Å². The Labute approximate surface area is 118 Å². The van der Waals surface area contributed by atoms with Crippen molar-refractivity contribution in [3.63, 3.8) is 0 Å². The number of benzene rings is 1. The van der Waals surface area contributed by atoms with Crippen molar-refractivity contribution < 1.29 is 23.1 Å². The molecule has 0 heterocycles. The summed E-state index contributed by atoms with van der Waals surface area (Å²) < 4.78 is 31.2. The van der Waals surface area contributed by atoms with Crippen molar-refractivity contribution in [2.24, 2.45) is 0 Å². The molecular formula is C13H19NO5S. The maximum atomic E-state index is 12.0. The van der Waals surface area contributed by atoms with Gasteiger partial charge in [0, 0.05) is 7.11 Å². The molecule has 0 saturated heterocycles. The summed E-state index contributed by atoms with van der Waals surface area (Å²) in [5, 5.41) is 9.18. The summed E-state index contributed by atoms with van der Waals surface area (Å²) in [5.74, 6) is -1.51. The van der Waals surface area contributed by atoms with E-state index in [1.54, 1.807) is 37.3 Å². The van der Waals surface area contributed by atoms with Crippen molar-refractivity contribution in [1.82, 2.24) is 4.72 Å². The lowest BCUT2D eigenvalue weighted by molar-refractivity contribution is -0.139. The van der Waals surface area contributed by atoms with Gasteiger partial charge in [-0.25, -0.2) is 8.42 Å². The van der Waals surface area contributed by atoms with Crippen LogP contribution in [0.1, 0.15) is 24.9 Å². The quantitative estimate of drug-likeness (QED) is 0.751. The van der Waals surface area contributed by atoms with Crippen LogP contribution in [0.25, 0.3) is 0 Å². The van der Waals surface area contributed by atoms with Gasteiger partial charge in [-0.3, -0.25) is 4.79 Å². The van der Waals surface area contributed by atoms with E-state index in [1.165, 1.54) is 7.11 Å². The standard InChI is InChI=1S/C13H19NO5S/c1-3-11(19-2)9-20(17,18)14-12(13(15)16)10-7-5-4-6-8-10/h4-8,11-12,14H,3,9H2,1-2H3,(H,15,16)/t11?,12-/m1/s1. The van der Waals surface area contributed by atoms with Gasteiger partial charge in [0.1, 0.15) is 6.04 Å². The molecule has 0 aromatic heterocycles. The van der Waals surface area contributed by atoms with Gasteiger partial charge >= 0.3 is 5.97 Å². The molecule has 0 spiro atoms. The minimum absolute atomic E-state index is 0.267. The molecule has 1 aromatic carbocycles. The predicted molar refractivity (Wildman–Crippen MR) is 74.8 cm³/mol. The smallest absolute Gasteiger partial charge is 0.326 e. The first kappa shape index (κ1) is 16.6. The molecule has 2 N–H and O–H groups in total. The number of nitrogens with one attached hydrogen (secondary N) is 1. The average molecular weight is 301 g/mol. The monoisotopic (exact) mass is 301 g/mol. The number of rotatable bonds is 8. The lowest BCUT2D eigenvalue weighted by Gasteiger charge is -2.18. The van der Waals surface area contributed by atoms with E-state index < -0.39 is 28.1 Å². The van der Waals surface area contributed by atoms with E-state index in [1.807, 2.05) is 0 Å². The van der Waals surface area contributed by atoms with Gasteiger partial charge < -0.3 is 9.84 Å². The Morgan fingerprint density at radius 2 is 1.95 bits per heavy atom. The molecule has 0 saturated carbocycles. The molecule has 0 aliphatic carbocycles. The molecule has 1 unspecified atom stereocenters. The number of sulfonamides is 1. The molecule has 0 bridgehead atoms. The number of carboxylic acids is 1. The SMILES string of the molecule is CCC(CS(=O)(=O)N[C@@H](C(=O)O)c1ccccc1)OC. The summed E-state index contributed by atoms with van der Waals surface area (Å²) in [6.07, 6.45) is 0.0678. The number of ether oxygens (including phenoxy) is 1. The van der Waals surface area contributed by atoms with Crippen LogP contribution in [0, 0.1) is 0 Å². The zero-order valence-electron chi connectivity index (χ0n) is 11.4. The fourth-order valence-corrected chi connectivity index (χ4v) is 3.28. The molecule has 1 aromatic rings. The van der Waals surface area contributed by atoms with Crippen LogP contribution >= 0.6 is 0 Å². The molecule has 0 amide bonds. The number of carbonyl (C=O) groups is 1. The normalized spacial score (nSPS) is 14.7. The fraction of sp³-hybridized carbons (Fsp3) is 0.462. The molecule has 0 fully saturated rings. The summed E-state index contributed by atoms with van der Waals surface area (Å²) in [5.41, 5.74) is 0.383. The van der Waals surface area contributed by atoms with Crippen LogP contribution < -0.4 is 4.72 Å². The highest BCUT2D eigenvalue weighted by Gasteiger charge is 2.27. The minimum Gasteiger partial charge on any atom is -0.480 e. The molecule has 7 heteroatoms. The Morgan fingerprint density at radius 1 is 1.35 bits per heavy atom.